The van der Waals surface area contributed by atoms with Gasteiger partial charge in [-0.2, -0.15) is 4.31 Å². The fraction of sp³-hybridized carbons (Fsp3) is 0.857. The van der Waals surface area contributed by atoms with Gasteiger partial charge in [-0.15, -0.1) is 0 Å². The van der Waals surface area contributed by atoms with E-state index in [1.54, 1.807) is 0 Å². The molecule has 1 amide bonds. The van der Waals surface area contributed by atoms with Crippen molar-refractivity contribution in [2.75, 3.05) is 12.3 Å². The van der Waals surface area contributed by atoms with E-state index in [0.717, 1.165) is 6.42 Å². The maximum Gasteiger partial charge on any atom is 0.235 e. The van der Waals surface area contributed by atoms with Crippen LogP contribution in [0.25, 0.3) is 0 Å². The third kappa shape index (κ3) is 2.19. The number of hydrogen-bond acceptors (Lipinski definition) is 3. The van der Waals surface area contributed by atoms with Gasteiger partial charge in [0.25, 0.3) is 0 Å². The standard InChI is InChI=1S/C7H14N2O3S/c1-6(7(8)10)9-4-2-3-5-13(9,11)12/h6H,2-5H2,1H3,(H2,8,10). The molecule has 1 heterocycles. The Labute approximate surface area is 77.9 Å². The lowest BCUT2D eigenvalue weighted by atomic mass is 10.3. The molecule has 0 saturated carbocycles. The molecule has 1 rings (SSSR count). The summed E-state index contributed by atoms with van der Waals surface area (Å²) < 4.78 is 24.1. The second-order valence-corrected chi connectivity index (χ2v) is 5.25. The number of nitrogens with zero attached hydrogens (tertiary/aromatic N) is 1. The maximum absolute atomic E-state index is 11.4. The first-order valence-corrected chi connectivity index (χ1v) is 5.85. The minimum absolute atomic E-state index is 0.130. The third-order valence-corrected chi connectivity index (χ3v) is 4.25. The number of rotatable bonds is 2. The molecule has 0 aromatic rings. The number of carbonyl (C=O) groups is 1. The van der Waals surface area contributed by atoms with Gasteiger partial charge in [0.15, 0.2) is 0 Å². The van der Waals surface area contributed by atoms with Crippen LogP contribution in [-0.4, -0.2) is 37.0 Å². The summed E-state index contributed by atoms with van der Waals surface area (Å²) in [6.07, 6.45) is 1.47. The van der Waals surface area contributed by atoms with Gasteiger partial charge < -0.3 is 5.73 Å². The van der Waals surface area contributed by atoms with Crippen molar-refractivity contribution in [3.05, 3.63) is 0 Å². The van der Waals surface area contributed by atoms with Gasteiger partial charge in [0.2, 0.25) is 15.9 Å². The Bertz CT molecular complexity index is 299. The minimum atomic E-state index is -3.24. The van der Waals surface area contributed by atoms with Crippen molar-refractivity contribution in [2.24, 2.45) is 5.73 Å². The summed E-state index contributed by atoms with van der Waals surface area (Å²) >= 11 is 0. The Kier molecular flexibility index (Phi) is 2.92. The Hall–Kier alpha value is -0.620. The molecule has 0 bridgehead atoms. The van der Waals surface area contributed by atoms with Crippen LogP contribution in [0, 0.1) is 0 Å². The number of nitrogens with two attached hydrogens (primary N) is 1. The highest BCUT2D eigenvalue weighted by atomic mass is 32.2. The summed E-state index contributed by atoms with van der Waals surface area (Å²) in [4.78, 5) is 10.8. The van der Waals surface area contributed by atoms with Gasteiger partial charge in [-0.05, 0) is 19.8 Å². The number of primary amides is 1. The molecule has 1 aliphatic rings. The Morgan fingerprint density at radius 2 is 2.08 bits per heavy atom. The van der Waals surface area contributed by atoms with Crippen molar-refractivity contribution >= 4 is 15.9 Å². The van der Waals surface area contributed by atoms with Crippen molar-refractivity contribution in [3.8, 4) is 0 Å². The summed E-state index contributed by atoms with van der Waals surface area (Å²) in [6, 6.07) is -0.717. The largest absolute Gasteiger partial charge is 0.368 e. The van der Waals surface area contributed by atoms with E-state index in [4.69, 9.17) is 5.73 Å². The van der Waals surface area contributed by atoms with Crippen LogP contribution in [0.1, 0.15) is 19.8 Å². The molecule has 0 radical (unpaired) electrons. The van der Waals surface area contributed by atoms with Crippen LogP contribution in [-0.2, 0) is 14.8 Å². The summed E-state index contributed by atoms with van der Waals surface area (Å²) in [5.74, 6) is -0.463. The van der Waals surface area contributed by atoms with Crippen LogP contribution < -0.4 is 5.73 Å². The Morgan fingerprint density at radius 1 is 1.46 bits per heavy atom. The fourth-order valence-electron chi connectivity index (χ4n) is 1.38. The summed E-state index contributed by atoms with van der Waals surface area (Å²) in [5.41, 5.74) is 5.04. The highest BCUT2D eigenvalue weighted by molar-refractivity contribution is 7.89. The van der Waals surface area contributed by atoms with E-state index in [2.05, 4.69) is 0 Å². The van der Waals surface area contributed by atoms with E-state index in [9.17, 15) is 13.2 Å². The van der Waals surface area contributed by atoms with Gasteiger partial charge in [-0.1, -0.05) is 0 Å². The highest BCUT2D eigenvalue weighted by Crippen LogP contribution is 2.16. The topological polar surface area (TPSA) is 80.5 Å². The number of hydrogen-bond donors (Lipinski definition) is 1. The lowest BCUT2D eigenvalue weighted by Gasteiger charge is -2.29. The summed E-state index contributed by atoms with van der Waals surface area (Å²) in [7, 11) is -3.24. The van der Waals surface area contributed by atoms with E-state index >= 15 is 0 Å². The molecule has 0 aromatic heterocycles. The first-order valence-electron chi connectivity index (χ1n) is 4.24. The van der Waals surface area contributed by atoms with E-state index in [1.165, 1.54) is 11.2 Å². The van der Waals surface area contributed by atoms with Gasteiger partial charge in [-0.3, -0.25) is 4.79 Å². The normalized spacial score (nSPS) is 25.3. The van der Waals surface area contributed by atoms with Crippen molar-refractivity contribution in [2.45, 2.75) is 25.8 Å². The molecule has 5 nitrogen and oxygen atoms in total. The molecule has 6 heteroatoms. The molecule has 2 N–H and O–H groups in total. The molecule has 13 heavy (non-hydrogen) atoms. The number of carbonyl (C=O) groups excluding carboxylic acids is 1. The average molecular weight is 206 g/mol. The smallest absolute Gasteiger partial charge is 0.235 e. The Morgan fingerprint density at radius 3 is 2.54 bits per heavy atom. The molecular weight excluding hydrogens is 192 g/mol. The van der Waals surface area contributed by atoms with E-state index in [0.29, 0.717) is 13.0 Å². The third-order valence-electron chi connectivity index (χ3n) is 2.23. The first kappa shape index (κ1) is 10.5. The first-order chi connectivity index (χ1) is 5.95. The molecule has 1 atom stereocenters. The van der Waals surface area contributed by atoms with Crippen molar-refractivity contribution in [1.29, 1.82) is 0 Å². The molecule has 1 fully saturated rings. The zero-order valence-electron chi connectivity index (χ0n) is 7.56. The summed E-state index contributed by atoms with van der Waals surface area (Å²) in [5, 5.41) is 0. The molecule has 76 valence electrons. The zero-order valence-corrected chi connectivity index (χ0v) is 8.38. The van der Waals surface area contributed by atoms with E-state index < -0.39 is 22.0 Å². The van der Waals surface area contributed by atoms with Gasteiger partial charge >= 0.3 is 0 Å². The average Bonchev–Trinajstić information content (AvgIpc) is 2.02. The second-order valence-electron chi connectivity index (χ2n) is 3.21. The second kappa shape index (κ2) is 3.63. The predicted molar refractivity (Wildman–Crippen MR) is 48.4 cm³/mol. The molecular formula is C7H14N2O3S. The van der Waals surface area contributed by atoms with Crippen LogP contribution in [0.2, 0.25) is 0 Å². The van der Waals surface area contributed by atoms with Crippen LogP contribution in [0.15, 0.2) is 0 Å². The molecule has 0 spiro atoms. The SMILES string of the molecule is CC(C(N)=O)N1CCCCS1(=O)=O. The van der Waals surface area contributed by atoms with Crippen LogP contribution in [0.4, 0.5) is 0 Å². The maximum atomic E-state index is 11.4. The van der Waals surface area contributed by atoms with Crippen LogP contribution in [0.3, 0.4) is 0 Å². The van der Waals surface area contributed by atoms with Gasteiger partial charge in [-0.25, -0.2) is 8.42 Å². The monoisotopic (exact) mass is 206 g/mol. The fourth-order valence-corrected chi connectivity index (χ4v) is 3.18. The van der Waals surface area contributed by atoms with Crippen LogP contribution in [0.5, 0.6) is 0 Å². The lowest BCUT2D eigenvalue weighted by Crippen LogP contribution is -2.49. The molecule has 1 aliphatic heterocycles. The van der Waals surface area contributed by atoms with Gasteiger partial charge in [0.1, 0.15) is 6.04 Å². The van der Waals surface area contributed by atoms with E-state index in [1.807, 2.05) is 0 Å². The predicted octanol–water partition coefficient (Wildman–Crippen LogP) is -0.714. The van der Waals surface area contributed by atoms with E-state index in [-0.39, 0.29) is 5.75 Å². The molecule has 0 aromatic carbocycles. The zero-order chi connectivity index (χ0) is 10.1. The highest BCUT2D eigenvalue weighted by Gasteiger charge is 2.32. The van der Waals surface area contributed by atoms with Crippen molar-refractivity contribution in [1.82, 2.24) is 4.31 Å². The van der Waals surface area contributed by atoms with Crippen LogP contribution >= 0.6 is 0 Å². The molecule has 1 unspecified atom stereocenters. The van der Waals surface area contributed by atoms with Crippen molar-refractivity contribution in [3.63, 3.8) is 0 Å². The minimum Gasteiger partial charge on any atom is -0.368 e. The molecule has 0 aliphatic carbocycles. The number of amides is 1. The van der Waals surface area contributed by atoms with Gasteiger partial charge in [0, 0.05) is 6.54 Å². The molecule has 1 saturated heterocycles. The lowest BCUT2D eigenvalue weighted by molar-refractivity contribution is -0.121. The summed E-state index contributed by atoms with van der Waals surface area (Å²) in [6.45, 7) is 1.93. The quantitative estimate of drug-likeness (QED) is 0.647. The Balaban J connectivity index is 2.83. The van der Waals surface area contributed by atoms with Crippen molar-refractivity contribution < 1.29 is 13.2 Å². The van der Waals surface area contributed by atoms with Gasteiger partial charge in [0.05, 0.1) is 5.75 Å². The number of sulfonamides is 1.